The molecule has 0 saturated carbocycles. The van der Waals surface area contributed by atoms with Crippen LogP contribution in [0.2, 0.25) is 0 Å². The zero-order valence-electron chi connectivity index (χ0n) is 14.2. The number of hydrogen-bond acceptors (Lipinski definition) is 2. The Morgan fingerprint density at radius 2 is 1.83 bits per heavy atom. The minimum atomic E-state index is -0.301. The normalized spacial score (nSPS) is 11.4. The first-order chi connectivity index (χ1) is 11.7. The molecule has 2 nitrogen and oxygen atoms in total. The van der Waals surface area contributed by atoms with E-state index in [0.717, 1.165) is 22.6 Å². The number of methoxy groups -OCH3 is 1. The van der Waals surface area contributed by atoms with Gasteiger partial charge in [-0.25, -0.2) is 4.79 Å². The van der Waals surface area contributed by atoms with Gasteiger partial charge in [-0.05, 0) is 51.7 Å². The largest absolute Gasteiger partial charge is 0.465 e. The summed E-state index contributed by atoms with van der Waals surface area (Å²) in [7, 11) is 1.41. The van der Waals surface area contributed by atoms with Crippen LogP contribution >= 0.6 is 0 Å². The van der Waals surface area contributed by atoms with E-state index < -0.39 is 0 Å². The fourth-order valence-electron chi connectivity index (χ4n) is 3.05. The Labute approximate surface area is 142 Å². The van der Waals surface area contributed by atoms with Crippen molar-refractivity contribution in [2.24, 2.45) is 0 Å². The van der Waals surface area contributed by atoms with Crippen molar-refractivity contribution < 1.29 is 9.53 Å². The Balaban J connectivity index is 2.17. The van der Waals surface area contributed by atoms with Gasteiger partial charge in [0.15, 0.2) is 0 Å². The van der Waals surface area contributed by atoms with Crippen molar-refractivity contribution in [3.05, 3.63) is 65.7 Å². The third-order valence-corrected chi connectivity index (χ3v) is 4.34. The standard InChI is InChI=1S/C22H22O2/c1-3-4-5-6-9-16-14-17-12-13-18(22(23)24-2)15-21(17)20-11-8-7-10-19(16)20/h6-15H,3-5H2,1-2H3/b9-6+. The number of carbonyl (C=O) groups is 1. The zero-order valence-corrected chi connectivity index (χ0v) is 14.2. The summed E-state index contributed by atoms with van der Waals surface area (Å²) in [5.41, 5.74) is 1.81. The average molecular weight is 318 g/mol. The first-order valence-corrected chi connectivity index (χ1v) is 8.45. The first kappa shape index (κ1) is 16.3. The second-order valence-electron chi connectivity index (χ2n) is 5.98. The Hall–Kier alpha value is -2.61. The van der Waals surface area contributed by atoms with Crippen LogP contribution in [0, 0.1) is 0 Å². The van der Waals surface area contributed by atoms with E-state index in [1.165, 1.54) is 30.9 Å². The molecule has 122 valence electrons. The fraction of sp³-hybridized carbons (Fsp3) is 0.227. The van der Waals surface area contributed by atoms with Gasteiger partial charge in [-0.3, -0.25) is 0 Å². The molecule has 0 radical (unpaired) electrons. The molecule has 0 aliphatic carbocycles. The van der Waals surface area contributed by atoms with E-state index in [9.17, 15) is 4.79 Å². The summed E-state index contributed by atoms with van der Waals surface area (Å²) >= 11 is 0. The summed E-state index contributed by atoms with van der Waals surface area (Å²) in [6.07, 6.45) is 7.99. The highest BCUT2D eigenvalue weighted by Crippen LogP contribution is 2.30. The molecule has 0 spiro atoms. The summed E-state index contributed by atoms with van der Waals surface area (Å²) in [5, 5.41) is 4.59. The van der Waals surface area contributed by atoms with Gasteiger partial charge in [-0.15, -0.1) is 0 Å². The summed E-state index contributed by atoms with van der Waals surface area (Å²) < 4.78 is 4.85. The van der Waals surface area contributed by atoms with Crippen molar-refractivity contribution in [3.63, 3.8) is 0 Å². The predicted molar refractivity (Wildman–Crippen MR) is 101 cm³/mol. The topological polar surface area (TPSA) is 26.3 Å². The molecule has 0 aliphatic rings. The number of esters is 1. The lowest BCUT2D eigenvalue weighted by atomic mass is 9.95. The predicted octanol–water partition coefficient (Wildman–Crippen LogP) is 5.98. The molecule has 0 fully saturated rings. The minimum absolute atomic E-state index is 0.301. The number of unbranched alkanes of at least 4 members (excludes halogenated alkanes) is 2. The lowest BCUT2D eigenvalue weighted by Crippen LogP contribution is -2.00. The highest BCUT2D eigenvalue weighted by molar-refractivity contribution is 6.12. The Bertz CT molecular complexity index is 906. The molecule has 0 unspecified atom stereocenters. The molecule has 0 atom stereocenters. The van der Waals surface area contributed by atoms with Crippen LogP contribution in [0.25, 0.3) is 27.6 Å². The van der Waals surface area contributed by atoms with Gasteiger partial charge in [-0.2, -0.15) is 0 Å². The quantitative estimate of drug-likeness (QED) is 0.328. The van der Waals surface area contributed by atoms with Crippen LogP contribution in [0.1, 0.15) is 42.1 Å². The monoisotopic (exact) mass is 318 g/mol. The van der Waals surface area contributed by atoms with Gasteiger partial charge in [0, 0.05) is 0 Å². The fourth-order valence-corrected chi connectivity index (χ4v) is 3.05. The molecular formula is C22H22O2. The summed E-state index contributed by atoms with van der Waals surface area (Å²) in [5.74, 6) is -0.301. The second kappa shape index (κ2) is 7.31. The first-order valence-electron chi connectivity index (χ1n) is 8.45. The Kier molecular flexibility index (Phi) is 4.95. The lowest BCUT2D eigenvalue weighted by molar-refractivity contribution is 0.0601. The highest BCUT2D eigenvalue weighted by atomic mass is 16.5. The molecule has 0 amide bonds. The molecule has 0 aromatic heterocycles. The SMILES string of the molecule is CCCC/C=C/c1cc2ccc(C(=O)OC)cc2c2ccccc12. The average Bonchev–Trinajstić information content (AvgIpc) is 2.64. The van der Waals surface area contributed by atoms with Gasteiger partial charge in [0.25, 0.3) is 0 Å². The van der Waals surface area contributed by atoms with E-state index in [-0.39, 0.29) is 5.97 Å². The molecule has 0 aliphatic heterocycles. The molecule has 2 heteroatoms. The van der Waals surface area contributed by atoms with E-state index in [0.29, 0.717) is 5.56 Å². The van der Waals surface area contributed by atoms with Crippen LogP contribution in [0.15, 0.2) is 54.6 Å². The second-order valence-corrected chi connectivity index (χ2v) is 5.98. The molecule has 24 heavy (non-hydrogen) atoms. The van der Waals surface area contributed by atoms with Gasteiger partial charge < -0.3 is 4.74 Å². The number of rotatable bonds is 5. The maximum Gasteiger partial charge on any atom is 0.337 e. The molecule has 0 N–H and O–H groups in total. The van der Waals surface area contributed by atoms with Gasteiger partial charge >= 0.3 is 5.97 Å². The van der Waals surface area contributed by atoms with Crippen LogP contribution in [0.3, 0.4) is 0 Å². The summed E-state index contributed by atoms with van der Waals surface area (Å²) in [4.78, 5) is 11.8. The summed E-state index contributed by atoms with van der Waals surface area (Å²) in [6, 6.07) is 16.3. The highest BCUT2D eigenvalue weighted by Gasteiger charge is 2.09. The van der Waals surface area contributed by atoms with Gasteiger partial charge in [-0.1, -0.05) is 62.2 Å². The minimum Gasteiger partial charge on any atom is -0.465 e. The molecule has 3 aromatic rings. The van der Waals surface area contributed by atoms with Crippen molar-refractivity contribution in [2.75, 3.05) is 7.11 Å². The number of hydrogen-bond donors (Lipinski definition) is 0. The van der Waals surface area contributed by atoms with Crippen molar-refractivity contribution in [1.82, 2.24) is 0 Å². The smallest absolute Gasteiger partial charge is 0.337 e. The third kappa shape index (κ3) is 3.18. The Morgan fingerprint density at radius 3 is 2.58 bits per heavy atom. The van der Waals surface area contributed by atoms with E-state index in [1.807, 2.05) is 24.3 Å². The van der Waals surface area contributed by atoms with Crippen LogP contribution in [-0.2, 0) is 4.74 Å². The number of carbonyl (C=O) groups excluding carboxylic acids is 1. The number of allylic oxidation sites excluding steroid dienone is 1. The van der Waals surface area contributed by atoms with Crippen molar-refractivity contribution in [3.8, 4) is 0 Å². The number of benzene rings is 3. The number of fused-ring (bicyclic) bond motifs is 3. The maximum absolute atomic E-state index is 11.8. The third-order valence-electron chi connectivity index (χ3n) is 4.34. The Morgan fingerprint density at radius 1 is 1.04 bits per heavy atom. The van der Waals surface area contributed by atoms with Crippen LogP contribution in [-0.4, -0.2) is 13.1 Å². The number of ether oxygens (including phenoxy) is 1. The molecule has 0 heterocycles. The van der Waals surface area contributed by atoms with E-state index in [2.05, 4.69) is 43.3 Å². The van der Waals surface area contributed by atoms with Crippen LogP contribution in [0.4, 0.5) is 0 Å². The van der Waals surface area contributed by atoms with E-state index in [4.69, 9.17) is 4.74 Å². The van der Waals surface area contributed by atoms with E-state index in [1.54, 1.807) is 0 Å². The van der Waals surface area contributed by atoms with Gasteiger partial charge in [0.1, 0.15) is 0 Å². The maximum atomic E-state index is 11.8. The summed E-state index contributed by atoms with van der Waals surface area (Å²) in [6.45, 7) is 2.21. The molecule has 0 saturated heterocycles. The molecule has 3 aromatic carbocycles. The van der Waals surface area contributed by atoms with Crippen LogP contribution < -0.4 is 0 Å². The van der Waals surface area contributed by atoms with Crippen molar-refractivity contribution in [2.45, 2.75) is 26.2 Å². The molecular weight excluding hydrogens is 296 g/mol. The van der Waals surface area contributed by atoms with Crippen molar-refractivity contribution in [1.29, 1.82) is 0 Å². The van der Waals surface area contributed by atoms with Gasteiger partial charge in [0.2, 0.25) is 0 Å². The van der Waals surface area contributed by atoms with Gasteiger partial charge in [0.05, 0.1) is 12.7 Å². The molecule has 3 rings (SSSR count). The van der Waals surface area contributed by atoms with E-state index >= 15 is 0 Å². The zero-order chi connectivity index (χ0) is 16.9. The molecule has 0 bridgehead atoms. The van der Waals surface area contributed by atoms with Crippen LogP contribution in [0.5, 0.6) is 0 Å². The lowest BCUT2D eigenvalue weighted by Gasteiger charge is -2.09. The van der Waals surface area contributed by atoms with Crippen molar-refractivity contribution >= 4 is 33.6 Å².